The number of pyridine rings is 1. The Morgan fingerprint density at radius 1 is 1.16 bits per heavy atom. The number of benzene rings is 1. The molecule has 2 aliphatic carbocycles. The molecule has 1 aromatic carbocycles. The van der Waals surface area contributed by atoms with E-state index in [1.165, 1.54) is 24.3 Å². The summed E-state index contributed by atoms with van der Waals surface area (Å²) >= 11 is 6.19. The van der Waals surface area contributed by atoms with Crippen LogP contribution in [-0.2, 0) is 4.79 Å². The van der Waals surface area contributed by atoms with Crippen LogP contribution in [0.3, 0.4) is 0 Å². The fourth-order valence-corrected chi connectivity index (χ4v) is 6.59. The average molecular weight is 604 g/mol. The van der Waals surface area contributed by atoms with E-state index in [2.05, 4.69) is 33.0 Å². The second-order valence-electron chi connectivity index (χ2n) is 11.5. The summed E-state index contributed by atoms with van der Waals surface area (Å²) in [6.45, 7) is 3.53. The van der Waals surface area contributed by atoms with Crippen molar-refractivity contribution in [3.05, 3.63) is 93.2 Å². The van der Waals surface area contributed by atoms with Gasteiger partial charge in [0, 0.05) is 37.1 Å². The predicted octanol–water partition coefficient (Wildman–Crippen LogP) is 7.16. The van der Waals surface area contributed by atoms with Gasteiger partial charge in [0.05, 0.1) is 6.20 Å². The number of rotatable bonds is 6. The molecule has 5 rings (SSSR count). The lowest BCUT2D eigenvalue weighted by atomic mass is 9.72. The van der Waals surface area contributed by atoms with Crippen LogP contribution < -0.4 is 9.64 Å². The molecule has 9 heteroatoms. The van der Waals surface area contributed by atoms with Crippen molar-refractivity contribution in [2.45, 2.75) is 45.1 Å². The number of ether oxygens (including phenoxy) is 1. The van der Waals surface area contributed by atoms with Gasteiger partial charge in [-0.1, -0.05) is 34.7 Å². The van der Waals surface area contributed by atoms with E-state index >= 15 is 0 Å². The number of hydrogen-bond donors (Lipinski definition) is 0. The average Bonchev–Trinajstić information content (AvgIpc) is 3.02. The molecule has 1 aromatic heterocycles. The molecular weight excluding hydrogens is 567 g/mol. The number of hydrogen-bond acceptors (Lipinski definition) is 5. The molecule has 3 unspecified atom stereocenters. The maximum atomic E-state index is 13.8. The van der Waals surface area contributed by atoms with Gasteiger partial charge >= 0.3 is 12.2 Å². The molecule has 0 saturated carbocycles. The van der Waals surface area contributed by atoms with Gasteiger partial charge in [0.1, 0.15) is 22.9 Å². The van der Waals surface area contributed by atoms with Gasteiger partial charge in [-0.15, -0.1) is 0 Å². The molecule has 7 nitrogen and oxygen atoms in total. The summed E-state index contributed by atoms with van der Waals surface area (Å²) in [6, 6.07) is 10.1. The summed E-state index contributed by atoms with van der Waals surface area (Å²) < 4.78 is 19.0. The molecule has 0 N–H and O–H groups in total. The zero-order chi connectivity index (χ0) is 30.5. The van der Waals surface area contributed by atoms with Crippen molar-refractivity contribution >= 4 is 29.3 Å². The molecule has 1 fully saturated rings. The SMILES string of the molecule is C[N+]#Cc1cnc(N2CCC(C(=O)C3=CCC(C4C=CC(Cl)=CC4)C(N(C)C(=O)Oc4ccc(F)cc4)C3)CC2)c(C)c1. The van der Waals surface area contributed by atoms with E-state index in [1.807, 2.05) is 25.1 Å². The fourth-order valence-electron chi connectivity index (χ4n) is 6.42. The highest BCUT2D eigenvalue weighted by molar-refractivity contribution is 6.31. The van der Waals surface area contributed by atoms with Crippen LogP contribution in [0.15, 0.2) is 71.4 Å². The topological polar surface area (TPSA) is 67.1 Å². The maximum Gasteiger partial charge on any atom is 0.415 e. The normalized spacial score (nSPS) is 22.2. The zero-order valence-electron chi connectivity index (χ0n) is 24.8. The van der Waals surface area contributed by atoms with Gasteiger partial charge in [0.15, 0.2) is 5.78 Å². The summed E-state index contributed by atoms with van der Waals surface area (Å²) in [5, 5.41) is 0.708. The first-order valence-electron chi connectivity index (χ1n) is 14.8. The fraction of sp³-hybridized carbons (Fsp3) is 0.412. The second-order valence-corrected chi connectivity index (χ2v) is 11.9. The van der Waals surface area contributed by atoms with Gasteiger partial charge < -0.3 is 14.5 Å². The van der Waals surface area contributed by atoms with Crippen molar-refractivity contribution in [1.29, 1.82) is 0 Å². The standard InChI is InChI=1S/C34H37ClFN4O3/c1-22-18-23(20-37-2)21-38-33(22)40-16-14-25(15-17-40)32(41)26-6-13-30(24-4-7-27(35)8-5-24)31(19-26)39(3)34(42)43-29-11-9-28(36)10-12-29/h4,6-12,18,21,24-25,30-31H,5,13-17,19H2,1-3H3/q+1. The quantitative estimate of drug-likeness (QED) is 0.350. The highest BCUT2D eigenvalue weighted by Crippen LogP contribution is 2.39. The van der Waals surface area contributed by atoms with Crippen LogP contribution in [-0.4, -0.2) is 55.0 Å². The number of allylic oxidation sites excluding steroid dienone is 5. The number of amides is 1. The zero-order valence-corrected chi connectivity index (χ0v) is 25.6. The summed E-state index contributed by atoms with van der Waals surface area (Å²) in [5.41, 5.74) is 2.69. The van der Waals surface area contributed by atoms with Gasteiger partial charge in [-0.3, -0.25) is 4.79 Å². The number of carbonyl (C=O) groups is 2. The highest BCUT2D eigenvalue weighted by atomic mass is 35.5. The van der Waals surface area contributed by atoms with Crippen molar-refractivity contribution in [2.75, 3.05) is 32.1 Å². The maximum absolute atomic E-state index is 13.8. The third-order valence-corrected chi connectivity index (χ3v) is 9.06. The molecule has 2 aromatic rings. The molecule has 43 heavy (non-hydrogen) atoms. The summed E-state index contributed by atoms with van der Waals surface area (Å²) in [4.78, 5) is 39.5. The Kier molecular flexibility index (Phi) is 9.62. The lowest BCUT2D eigenvalue weighted by molar-refractivity contribution is -0.120. The number of Topliss-reactive ketones (excluding diaryl/α,β-unsaturated/α-hetero) is 1. The van der Waals surface area contributed by atoms with Crippen molar-refractivity contribution in [2.24, 2.45) is 17.8 Å². The minimum atomic E-state index is -0.534. The van der Waals surface area contributed by atoms with Crippen LogP contribution in [0.2, 0.25) is 0 Å². The molecule has 1 amide bonds. The van der Waals surface area contributed by atoms with E-state index in [9.17, 15) is 14.0 Å². The summed E-state index contributed by atoms with van der Waals surface area (Å²) in [7, 11) is 3.41. The lowest BCUT2D eigenvalue weighted by Crippen LogP contribution is -2.47. The third-order valence-electron chi connectivity index (χ3n) is 8.77. The molecule has 3 aliphatic rings. The van der Waals surface area contributed by atoms with Crippen LogP contribution in [0.1, 0.15) is 43.2 Å². The molecule has 0 bridgehead atoms. The van der Waals surface area contributed by atoms with Crippen LogP contribution in [0.25, 0.3) is 4.85 Å². The lowest BCUT2D eigenvalue weighted by Gasteiger charge is -2.41. The van der Waals surface area contributed by atoms with Crippen molar-refractivity contribution in [3.63, 3.8) is 0 Å². The molecule has 0 spiro atoms. The number of carbonyl (C=O) groups excluding carboxylic acids is 2. The van der Waals surface area contributed by atoms with E-state index in [0.29, 0.717) is 17.9 Å². The number of aryl methyl sites for hydroxylation is 1. The Morgan fingerprint density at radius 3 is 2.56 bits per heavy atom. The van der Waals surface area contributed by atoms with Crippen molar-refractivity contribution in [3.8, 4) is 11.8 Å². The first-order chi connectivity index (χ1) is 20.7. The first kappa shape index (κ1) is 30.5. The Labute approximate surface area is 257 Å². The van der Waals surface area contributed by atoms with Gasteiger partial charge in [-0.05, 0) is 98.4 Å². The van der Waals surface area contributed by atoms with E-state index in [4.69, 9.17) is 16.3 Å². The molecular formula is C34H37ClFN4O3+. The molecule has 2 heterocycles. The first-order valence-corrected chi connectivity index (χ1v) is 15.1. The minimum Gasteiger partial charge on any atom is -0.410 e. The predicted molar refractivity (Wildman–Crippen MR) is 167 cm³/mol. The minimum absolute atomic E-state index is 0.0763. The van der Waals surface area contributed by atoms with Crippen molar-refractivity contribution in [1.82, 2.24) is 9.88 Å². The smallest absolute Gasteiger partial charge is 0.410 e. The molecule has 1 aliphatic heterocycles. The second kappa shape index (κ2) is 13.6. The molecule has 224 valence electrons. The highest BCUT2D eigenvalue weighted by Gasteiger charge is 2.39. The Morgan fingerprint density at radius 2 is 1.91 bits per heavy atom. The monoisotopic (exact) mass is 603 g/mol. The van der Waals surface area contributed by atoms with E-state index in [-0.39, 0.29) is 35.3 Å². The largest absolute Gasteiger partial charge is 0.415 e. The van der Waals surface area contributed by atoms with Gasteiger partial charge in [0.25, 0.3) is 7.05 Å². The van der Waals surface area contributed by atoms with Gasteiger partial charge in [-0.25, -0.2) is 14.2 Å². The Hall–Kier alpha value is -3.96. The van der Waals surface area contributed by atoms with E-state index < -0.39 is 11.9 Å². The Balaban J connectivity index is 1.28. The van der Waals surface area contributed by atoms with E-state index in [0.717, 1.165) is 54.9 Å². The molecule has 0 radical (unpaired) electrons. The molecule has 3 atom stereocenters. The summed E-state index contributed by atoms with van der Waals surface area (Å²) in [6.07, 6.45) is 12.7. The number of aromatic nitrogens is 1. The number of halogens is 2. The Bertz CT molecular complexity index is 1520. The number of anilines is 1. The van der Waals surface area contributed by atoms with E-state index in [1.54, 1.807) is 25.2 Å². The van der Waals surface area contributed by atoms with Gasteiger partial charge in [0.2, 0.25) is 0 Å². The van der Waals surface area contributed by atoms with Crippen LogP contribution in [0, 0.1) is 36.6 Å². The summed E-state index contributed by atoms with van der Waals surface area (Å²) in [5.74, 6) is 1.16. The number of ketones is 1. The van der Waals surface area contributed by atoms with Crippen LogP contribution in [0.5, 0.6) is 5.75 Å². The number of piperidine rings is 1. The number of nitrogens with zero attached hydrogens (tertiary/aromatic N) is 4. The third kappa shape index (κ3) is 7.17. The van der Waals surface area contributed by atoms with Crippen LogP contribution >= 0.6 is 11.6 Å². The van der Waals surface area contributed by atoms with Gasteiger partial charge in [-0.2, -0.15) is 0 Å². The van der Waals surface area contributed by atoms with Crippen LogP contribution in [0.4, 0.5) is 15.0 Å². The molecule has 1 saturated heterocycles. The van der Waals surface area contributed by atoms with Crippen molar-refractivity contribution < 1.29 is 18.7 Å².